The molecule has 3 nitrogen and oxygen atoms in total. The highest BCUT2D eigenvalue weighted by Gasteiger charge is 2.08. The van der Waals surface area contributed by atoms with E-state index in [9.17, 15) is 0 Å². The van der Waals surface area contributed by atoms with Crippen molar-refractivity contribution in [2.24, 2.45) is 0 Å². The van der Waals surface area contributed by atoms with Gasteiger partial charge in [-0.05, 0) is 14.1 Å². The van der Waals surface area contributed by atoms with Crippen LogP contribution in [0.4, 0.5) is 0 Å². The number of aliphatic hydroxyl groups excluding tert-OH is 1. The summed E-state index contributed by atoms with van der Waals surface area (Å²) in [5.41, 5.74) is 0. The fourth-order valence-corrected chi connectivity index (χ4v) is 3.26. The Morgan fingerprint density at radius 1 is 1.57 bits per heavy atom. The van der Waals surface area contributed by atoms with E-state index >= 15 is 0 Å². The molecular weight excluding hydrogens is 240 g/mol. The van der Waals surface area contributed by atoms with Gasteiger partial charge in [-0.3, -0.25) is 0 Å². The van der Waals surface area contributed by atoms with Crippen molar-refractivity contribution in [3.8, 4) is 0 Å². The third-order valence-corrected chi connectivity index (χ3v) is 4.13. The standard InChI is InChI=1S/C8H13ClN2OS2/c1-11(2)3-4-13-8-10-7(9)6(5-12)14-8/h12H,3-5H2,1-2H3. The molecule has 0 spiro atoms. The van der Waals surface area contributed by atoms with Gasteiger partial charge in [0.1, 0.15) is 5.15 Å². The predicted molar refractivity (Wildman–Crippen MR) is 62.3 cm³/mol. The Labute approximate surface area is 97.1 Å². The molecule has 0 aromatic carbocycles. The molecule has 0 saturated heterocycles. The zero-order valence-corrected chi connectivity index (χ0v) is 10.5. The lowest BCUT2D eigenvalue weighted by Gasteiger charge is -2.06. The van der Waals surface area contributed by atoms with E-state index < -0.39 is 0 Å². The summed E-state index contributed by atoms with van der Waals surface area (Å²) in [6, 6.07) is 0. The van der Waals surface area contributed by atoms with Crippen LogP contribution in [0.3, 0.4) is 0 Å². The molecule has 6 heteroatoms. The number of hydrogen-bond acceptors (Lipinski definition) is 5. The van der Waals surface area contributed by atoms with E-state index in [1.165, 1.54) is 11.3 Å². The number of rotatable bonds is 5. The van der Waals surface area contributed by atoms with Crippen LogP contribution in [0.25, 0.3) is 0 Å². The SMILES string of the molecule is CN(C)CCSc1nc(Cl)c(CO)s1. The van der Waals surface area contributed by atoms with E-state index in [1.807, 2.05) is 14.1 Å². The van der Waals surface area contributed by atoms with E-state index in [2.05, 4.69) is 9.88 Å². The van der Waals surface area contributed by atoms with Crippen molar-refractivity contribution >= 4 is 34.7 Å². The molecule has 1 rings (SSSR count). The topological polar surface area (TPSA) is 36.4 Å². The van der Waals surface area contributed by atoms with Crippen molar-refractivity contribution in [3.63, 3.8) is 0 Å². The minimum Gasteiger partial charge on any atom is -0.391 e. The lowest BCUT2D eigenvalue weighted by molar-refractivity contribution is 0.285. The molecule has 0 aliphatic heterocycles. The number of thiazole rings is 1. The Hall–Kier alpha value is 0.190. The smallest absolute Gasteiger partial charge is 0.152 e. The third kappa shape index (κ3) is 3.74. The Bertz CT molecular complexity index is 291. The molecule has 0 saturated carbocycles. The van der Waals surface area contributed by atoms with Gasteiger partial charge in [0, 0.05) is 12.3 Å². The van der Waals surface area contributed by atoms with Gasteiger partial charge in [0.05, 0.1) is 11.5 Å². The molecule has 0 unspecified atom stereocenters. The number of hydrogen-bond donors (Lipinski definition) is 1. The molecule has 1 aromatic heterocycles. The number of aliphatic hydroxyl groups is 1. The average Bonchev–Trinajstić information content (AvgIpc) is 2.45. The fourth-order valence-electron chi connectivity index (χ4n) is 0.788. The molecule has 14 heavy (non-hydrogen) atoms. The van der Waals surface area contributed by atoms with E-state index in [4.69, 9.17) is 16.7 Å². The second kappa shape index (κ2) is 5.92. The molecule has 1 aromatic rings. The second-order valence-corrected chi connectivity index (χ2v) is 5.79. The molecule has 0 fully saturated rings. The van der Waals surface area contributed by atoms with Crippen molar-refractivity contribution in [3.05, 3.63) is 10.0 Å². The molecule has 0 amide bonds. The summed E-state index contributed by atoms with van der Waals surface area (Å²) in [5.74, 6) is 0.988. The number of aromatic nitrogens is 1. The first-order valence-electron chi connectivity index (χ1n) is 4.17. The molecule has 80 valence electrons. The summed E-state index contributed by atoms with van der Waals surface area (Å²) >= 11 is 8.93. The van der Waals surface area contributed by atoms with Gasteiger partial charge < -0.3 is 10.0 Å². The Balaban J connectivity index is 2.43. The molecule has 1 heterocycles. The van der Waals surface area contributed by atoms with Gasteiger partial charge in [0.15, 0.2) is 4.34 Å². The Kier molecular flexibility index (Phi) is 5.19. The van der Waals surface area contributed by atoms with Crippen molar-refractivity contribution < 1.29 is 5.11 Å². The average molecular weight is 253 g/mol. The highest BCUT2D eigenvalue weighted by molar-refractivity contribution is 8.01. The van der Waals surface area contributed by atoms with Crippen LogP contribution in [0, 0.1) is 0 Å². The van der Waals surface area contributed by atoms with Gasteiger partial charge in [-0.15, -0.1) is 11.3 Å². The van der Waals surface area contributed by atoms with Crippen LogP contribution < -0.4 is 0 Å². The van der Waals surface area contributed by atoms with Crippen LogP contribution in [0.15, 0.2) is 4.34 Å². The minimum absolute atomic E-state index is 0.0231. The van der Waals surface area contributed by atoms with E-state index in [-0.39, 0.29) is 6.61 Å². The number of halogens is 1. The maximum absolute atomic E-state index is 8.91. The summed E-state index contributed by atoms with van der Waals surface area (Å²) in [6.07, 6.45) is 0. The van der Waals surface area contributed by atoms with Crippen molar-refractivity contribution in [2.45, 2.75) is 10.9 Å². The first kappa shape index (κ1) is 12.3. The van der Waals surface area contributed by atoms with Gasteiger partial charge >= 0.3 is 0 Å². The zero-order chi connectivity index (χ0) is 10.6. The van der Waals surface area contributed by atoms with Crippen LogP contribution in [0.1, 0.15) is 4.88 Å². The largest absolute Gasteiger partial charge is 0.391 e. The van der Waals surface area contributed by atoms with E-state index in [0.717, 1.165) is 21.5 Å². The quantitative estimate of drug-likeness (QED) is 0.813. The van der Waals surface area contributed by atoms with Crippen molar-refractivity contribution in [1.29, 1.82) is 0 Å². The first-order valence-corrected chi connectivity index (χ1v) is 6.35. The maximum atomic E-state index is 8.91. The van der Waals surface area contributed by atoms with Gasteiger partial charge in [-0.1, -0.05) is 23.4 Å². The normalized spacial score (nSPS) is 11.2. The summed E-state index contributed by atoms with van der Waals surface area (Å²) < 4.78 is 0.931. The van der Waals surface area contributed by atoms with Gasteiger partial charge in [-0.25, -0.2) is 4.98 Å². The maximum Gasteiger partial charge on any atom is 0.152 e. The minimum atomic E-state index is -0.0231. The van der Waals surface area contributed by atoms with Crippen LogP contribution >= 0.6 is 34.7 Å². The highest BCUT2D eigenvalue weighted by atomic mass is 35.5. The molecule has 0 bridgehead atoms. The van der Waals surface area contributed by atoms with Crippen LogP contribution in [-0.4, -0.2) is 41.4 Å². The zero-order valence-electron chi connectivity index (χ0n) is 8.16. The monoisotopic (exact) mass is 252 g/mol. The van der Waals surface area contributed by atoms with Gasteiger partial charge in [0.2, 0.25) is 0 Å². The fraction of sp³-hybridized carbons (Fsp3) is 0.625. The predicted octanol–water partition coefficient (Wildman–Crippen LogP) is 1.94. The summed E-state index contributed by atoms with van der Waals surface area (Å²) in [4.78, 5) is 7.02. The van der Waals surface area contributed by atoms with Crippen LogP contribution in [0.5, 0.6) is 0 Å². The molecule has 0 aliphatic carbocycles. The second-order valence-electron chi connectivity index (χ2n) is 3.00. The van der Waals surface area contributed by atoms with Crippen molar-refractivity contribution in [2.75, 3.05) is 26.4 Å². The summed E-state index contributed by atoms with van der Waals surface area (Å²) in [6.45, 7) is 0.987. The third-order valence-electron chi connectivity index (χ3n) is 1.54. The van der Waals surface area contributed by atoms with Crippen LogP contribution in [-0.2, 0) is 6.61 Å². The lowest BCUT2D eigenvalue weighted by atomic mass is 10.6. The van der Waals surface area contributed by atoms with E-state index in [1.54, 1.807) is 11.8 Å². The van der Waals surface area contributed by atoms with Gasteiger partial charge in [-0.2, -0.15) is 0 Å². The number of thioether (sulfide) groups is 1. The van der Waals surface area contributed by atoms with Crippen molar-refractivity contribution in [1.82, 2.24) is 9.88 Å². The lowest BCUT2D eigenvalue weighted by Crippen LogP contribution is -2.14. The molecule has 0 radical (unpaired) electrons. The summed E-state index contributed by atoms with van der Waals surface area (Å²) in [7, 11) is 4.07. The molecule has 0 aliphatic rings. The first-order chi connectivity index (χ1) is 6.63. The Morgan fingerprint density at radius 3 is 2.79 bits per heavy atom. The highest BCUT2D eigenvalue weighted by Crippen LogP contribution is 2.29. The molecular formula is C8H13ClN2OS2. The Morgan fingerprint density at radius 2 is 2.29 bits per heavy atom. The molecule has 1 N–H and O–H groups in total. The summed E-state index contributed by atoms with van der Waals surface area (Å²) in [5, 5.41) is 9.35. The van der Waals surface area contributed by atoms with Crippen LogP contribution in [0.2, 0.25) is 5.15 Å². The van der Waals surface area contributed by atoms with Gasteiger partial charge in [0.25, 0.3) is 0 Å². The number of nitrogens with zero attached hydrogens (tertiary/aromatic N) is 2. The molecule has 0 atom stereocenters. The van der Waals surface area contributed by atoms with E-state index in [0.29, 0.717) is 5.15 Å².